The van der Waals surface area contributed by atoms with E-state index in [4.69, 9.17) is 14.2 Å². The maximum atomic E-state index is 12.8. The fraction of sp³-hybridized carbons (Fsp3) is 0.745. The zero-order chi connectivity index (χ0) is 43.5. The first-order chi connectivity index (χ1) is 29.6. The molecule has 0 radical (unpaired) electrons. The lowest BCUT2D eigenvalue weighted by Gasteiger charge is -2.18. The van der Waals surface area contributed by atoms with E-state index in [0.717, 1.165) is 70.6 Å². The molecule has 0 aliphatic heterocycles. The van der Waals surface area contributed by atoms with Gasteiger partial charge in [-0.1, -0.05) is 216 Å². The summed E-state index contributed by atoms with van der Waals surface area (Å²) in [6, 6.07) is 0. The van der Waals surface area contributed by atoms with Crippen molar-refractivity contribution >= 4 is 11.9 Å². The quantitative estimate of drug-likeness (QED) is 0.0347. The first-order valence-corrected chi connectivity index (χ1v) is 25.5. The van der Waals surface area contributed by atoms with Crippen molar-refractivity contribution in [3.05, 3.63) is 72.9 Å². The standard InChI is InChI=1S/C55H96O5/c1-4-7-10-13-16-19-22-25-27-28-29-31-33-36-39-42-45-48-54(56)59-52-53(51-58-50-47-44-41-38-35-32-26-23-20-17-14-11-8-5-2)60-55(57)49-46-43-40-37-34-30-24-21-18-15-12-9-6-3/h7,10,16,19-20,23,25,27,29,31,36,39,53H,4-6,8-9,11-15,17-18,21-22,24,26,28,30,32-35,37-38,40-52H2,1-3H3/b10-7-,19-16-,23-20-,27-25-,31-29-,39-36-. The summed E-state index contributed by atoms with van der Waals surface area (Å²) < 4.78 is 17.3. The minimum absolute atomic E-state index is 0.0536. The second-order valence-electron chi connectivity index (χ2n) is 16.7. The van der Waals surface area contributed by atoms with E-state index >= 15 is 0 Å². The highest BCUT2D eigenvalue weighted by atomic mass is 16.6. The fourth-order valence-corrected chi connectivity index (χ4v) is 6.95. The van der Waals surface area contributed by atoms with Crippen LogP contribution in [-0.2, 0) is 23.8 Å². The third kappa shape index (κ3) is 48.0. The summed E-state index contributed by atoms with van der Waals surface area (Å²) in [4.78, 5) is 25.3. The molecular formula is C55H96O5. The molecule has 0 amide bonds. The van der Waals surface area contributed by atoms with E-state index < -0.39 is 6.10 Å². The minimum Gasteiger partial charge on any atom is -0.462 e. The van der Waals surface area contributed by atoms with Gasteiger partial charge < -0.3 is 14.2 Å². The van der Waals surface area contributed by atoms with E-state index in [1.807, 2.05) is 0 Å². The molecule has 346 valence electrons. The van der Waals surface area contributed by atoms with Crippen LogP contribution in [0.5, 0.6) is 0 Å². The monoisotopic (exact) mass is 837 g/mol. The van der Waals surface area contributed by atoms with Crippen LogP contribution in [0.15, 0.2) is 72.9 Å². The Morgan fingerprint density at radius 1 is 0.383 bits per heavy atom. The Balaban J connectivity index is 4.36. The van der Waals surface area contributed by atoms with Crippen LogP contribution in [0, 0.1) is 0 Å². The van der Waals surface area contributed by atoms with Crippen molar-refractivity contribution < 1.29 is 23.8 Å². The summed E-state index contributed by atoms with van der Waals surface area (Å²) in [6.45, 7) is 7.64. The van der Waals surface area contributed by atoms with Gasteiger partial charge in [0.25, 0.3) is 0 Å². The summed E-state index contributed by atoms with van der Waals surface area (Å²) in [7, 11) is 0. The van der Waals surface area contributed by atoms with E-state index in [-0.39, 0.29) is 25.2 Å². The molecule has 0 fully saturated rings. The van der Waals surface area contributed by atoms with Crippen molar-refractivity contribution in [2.24, 2.45) is 0 Å². The molecule has 60 heavy (non-hydrogen) atoms. The molecule has 0 aromatic heterocycles. The van der Waals surface area contributed by atoms with Gasteiger partial charge in [-0.25, -0.2) is 0 Å². The van der Waals surface area contributed by atoms with Gasteiger partial charge >= 0.3 is 11.9 Å². The molecule has 0 N–H and O–H groups in total. The Kier molecular flexibility index (Phi) is 48.4. The second kappa shape index (κ2) is 50.7. The lowest BCUT2D eigenvalue weighted by Crippen LogP contribution is -2.30. The number of hydrogen-bond acceptors (Lipinski definition) is 5. The third-order valence-electron chi connectivity index (χ3n) is 10.7. The van der Waals surface area contributed by atoms with Crippen LogP contribution in [-0.4, -0.2) is 37.9 Å². The molecule has 0 saturated carbocycles. The van der Waals surface area contributed by atoms with Gasteiger partial charge in [-0.05, 0) is 83.5 Å². The van der Waals surface area contributed by atoms with Crippen molar-refractivity contribution in [1.82, 2.24) is 0 Å². The van der Waals surface area contributed by atoms with Crippen molar-refractivity contribution in [2.45, 2.75) is 245 Å². The highest BCUT2D eigenvalue weighted by Gasteiger charge is 2.17. The normalized spacial score (nSPS) is 12.8. The van der Waals surface area contributed by atoms with Gasteiger partial charge in [0, 0.05) is 19.4 Å². The molecule has 5 nitrogen and oxygen atoms in total. The zero-order valence-electron chi connectivity index (χ0n) is 39.7. The third-order valence-corrected chi connectivity index (χ3v) is 10.7. The zero-order valence-corrected chi connectivity index (χ0v) is 39.7. The highest BCUT2D eigenvalue weighted by Crippen LogP contribution is 2.14. The lowest BCUT2D eigenvalue weighted by atomic mass is 10.0. The largest absolute Gasteiger partial charge is 0.462 e. The van der Waals surface area contributed by atoms with Gasteiger partial charge in [0.1, 0.15) is 6.61 Å². The summed E-state index contributed by atoms with van der Waals surface area (Å²) >= 11 is 0. The Bertz CT molecular complexity index is 1080. The Labute approximate surface area is 372 Å². The average molecular weight is 837 g/mol. The van der Waals surface area contributed by atoms with Gasteiger partial charge in [0.2, 0.25) is 0 Å². The van der Waals surface area contributed by atoms with Crippen molar-refractivity contribution in [3.8, 4) is 0 Å². The van der Waals surface area contributed by atoms with Crippen molar-refractivity contribution in [1.29, 1.82) is 0 Å². The molecule has 0 bridgehead atoms. The van der Waals surface area contributed by atoms with Crippen molar-refractivity contribution in [3.63, 3.8) is 0 Å². The Morgan fingerprint density at radius 2 is 0.767 bits per heavy atom. The number of hydrogen-bond donors (Lipinski definition) is 0. The smallest absolute Gasteiger partial charge is 0.306 e. The molecule has 1 atom stereocenters. The number of carbonyl (C=O) groups is 2. The molecule has 0 spiro atoms. The topological polar surface area (TPSA) is 61.8 Å². The van der Waals surface area contributed by atoms with Crippen LogP contribution in [0.2, 0.25) is 0 Å². The van der Waals surface area contributed by atoms with Crippen LogP contribution in [0.4, 0.5) is 0 Å². The molecule has 0 saturated heterocycles. The fourth-order valence-electron chi connectivity index (χ4n) is 6.95. The van der Waals surface area contributed by atoms with Gasteiger partial charge in [0.15, 0.2) is 6.10 Å². The van der Waals surface area contributed by atoms with E-state index in [0.29, 0.717) is 19.4 Å². The van der Waals surface area contributed by atoms with E-state index in [1.54, 1.807) is 0 Å². The molecule has 0 aliphatic rings. The van der Waals surface area contributed by atoms with Crippen LogP contribution in [0.25, 0.3) is 0 Å². The predicted molar refractivity (Wildman–Crippen MR) is 260 cm³/mol. The van der Waals surface area contributed by atoms with Gasteiger partial charge in [-0.3, -0.25) is 9.59 Å². The van der Waals surface area contributed by atoms with Crippen LogP contribution in [0.3, 0.4) is 0 Å². The number of unbranched alkanes of at least 4 members (excludes halogenated alkanes) is 23. The first kappa shape index (κ1) is 57.3. The summed E-state index contributed by atoms with van der Waals surface area (Å²) in [6.07, 6.45) is 64.8. The Hall–Kier alpha value is -2.66. The summed E-state index contributed by atoms with van der Waals surface area (Å²) in [5.74, 6) is -0.463. The molecular weight excluding hydrogens is 741 g/mol. The second-order valence-corrected chi connectivity index (χ2v) is 16.7. The maximum Gasteiger partial charge on any atom is 0.306 e. The van der Waals surface area contributed by atoms with Crippen LogP contribution < -0.4 is 0 Å². The van der Waals surface area contributed by atoms with Crippen LogP contribution >= 0.6 is 0 Å². The number of esters is 2. The molecule has 0 heterocycles. The van der Waals surface area contributed by atoms with Gasteiger partial charge in [-0.15, -0.1) is 0 Å². The molecule has 0 rings (SSSR count). The van der Waals surface area contributed by atoms with Gasteiger partial charge in [0.05, 0.1) is 6.61 Å². The highest BCUT2D eigenvalue weighted by molar-refractivity contribution is 5.70. The number of carbonyl (C=O) groups excluding carboxylic acids is 2. The minimum atomic E-state index is -0.561. The first-order valence-electron chi connectivity index (χ1n) is 25.5. The molecule has 5 heteroatoms. The summed E-state index contributed by atoms with van der Waals surface area (Å²) in [5.41, 5.74) is 0. The molecule has 0 aromatic rings. The van der Waals surface area contributed by atoms with Crippen molar-refractivity contribution in [2.75, 3.05) is 19.8 Å². The molecule has 0 aliphatic carbocycles. The average Bonchev–Trinajstić information content (AvgIpc) is 3.25. The van der Waals surface area contributed by atoms with Crippen LogP contribution in [0.1, 0.15) is 239 Å². The molecule has 0 aromatic carbocycles. The van der Waals surface area contributed by atoms with E-state index in [1.165, 1.54) is 135 Å². The number of rotatable bonds is 46. The summed E-state index contributed by atoms with van der Waals surface area (Å²) in [5, 5.41) is 0. The SMILES string of the molecule is CC/C=C\C/C=C\C/C=C\C/C=C\C/C=C\CCCC(=O)OCC(COCCCCCCCC/C=C\CCCCCC)OC(=O)CCCCCCCCCCCCCCC. The molecule has 1 unspecified atom stereocenters. The number of ether oxygens (including phenoxy) is 3. The number of allylic oxidation sites excluding steroid dienone is 12. The predicted octanol–water partition coefficient (Wildman–Crippen LogP) is 17.1. The lowest BCUT2D eigenvalue weighted by molar-refractivity contribution is -0.163. The van der Waals surface area contributed by atoms with E-state index in [9.17, 15) is 9.59 Å². The van der Waals surface area contributed by atoms with Gasteiger partial charge in [-0.2, -0.15) is 0 Å². The Morgan fingerprint density at radius 3 is 1.28 bits per heavy atom. The van der Waals surface area contributed by atoms with E-state index in [2.05, 4.69) is 93.7 Å². The maximum absolute atomic E-state index is 12.8.